The van der Waals surface area contributed by atoms with Crippen molar-refractivity contribution >= 4 is 11.7 Å². The number of nitrogens with two attached hydrogens (primary N) is 1. The van der Waals surface area contributed by atoms with Gasteiger partial charge >= 0.3 is 0 Å². The van der Waals surface area contributed by atoms with E-state index in [9.17, 15) is 9.59 Å². The molecule has 0 aromatic carbocycles. The third kappa shape index (κ3) is 4.40. The van der Waals surface area contributed by atoms with Gasteiger partial charge in [-0.1, -0.05) is 6.92 Å². The Kier molecular flexibility index (Phi) is 5.71. The van der Waals surface area contributed by atoms with E-state index in [-0.39, 0.29) is 11.7 Å². The highest BCUT2D eigenvalue weighted by Crippen LogP contribution is 2.27. The molecule has 1 unspecified atom stereocenters. The van der Waals surface area contributed by atoms with E-state index in [1.54, 1.807) is 30.2 Å². The fraction of sp³-hybridized carbons (Fsp3) is 0.688. The molecule has 0 radical (unpaired) electrons. The van der Waals surface area contributed by atoms with Crippen molar-refractivity contribution in [3.8, 4) is 0 Å². The zero-order chi connectivity index (χ0) is 16.1. The Hall–Kier alpha value is -1.69. The summed E-state index contributed by atoms with van der Waals surface area (Å²) in [4.78, 5) is 29.8. The highest BCUT2D eigenvalue weighted by atomic mass is 16.2. The van der Waals surface area contributed by atoms with Crippen LogP contribution in [-0.4, -0.2) is 45.3 Å². The number of likely N-dealkylation sites (tertiary alicyclic amines) is 1. The van der Waals surface area contributed by atoms with Crippen LogP contribution in [-0.2, 0) is 16.1 Å². The molecular weight excluding hydrogens is 280 g/mol. The summed E-state index contributed by atoms with van der Waals surface area (Å²) in [6, 6.07) is -0.425. The maximum atomic E-state index is 12.1. The molecule has 2 rings (SSSR count). The number of piperidine rings is 1. The number of hydrogen-bond donors (Lipinski definition) is 1. The molecule has 22 heavy (non-hydrogen) atoms. The molecule has 2 heterocycles. The number of carbonyl (C=O) groups excluding carboxylic acids is 2. The average Bonchev–Trinajstić information content (AvgIpc) is 2.99. The molecular formula is C16H26N4O2. The molecule has 1 aliphatic heterocycles. The largest absolute Gasteiger partial charge is 0.341 e. The summed E-state index contributed by atoms with van der Waals surface area (Å²) >= 11 is 0. The van der Waals surface area contributed by atoms with E-state index >= 15 is 0 Å². The van der Waals surface area contributed by atoms with E-state index in [0.717, 1.165) is 25.9 Å². The second-order valence-corrected chi connectivity index (χ2v) is 6.41. The number of imidazole rings is 1. The van der Waals surface area contributed by atoms with Crippen molar-refractivity contribution in [2.45, 2.75) is 45.7 Å². The van der Waals surface area contributed by atoms with Crippen LogP contribution < -0.4 is 5.73 Å². The summed E-state index contributed by atoms with van der Waals surface area (Å²) in [5.41, 5.74) is 5.65. The van der Waals surface area contributed by atoms with E-state index in [4.69, 9.17) is 5.73 Å². The molecule has 6 nitrogen and oxygen atoms in total. The lowest BCUT2D eigenvalue weighted by Gasteiger charge is -2.35. The lowest BCUT2D eigenvalue weighted by Crippen LogP contribution is -2.46. The van der Waals surface area contributed by atoms with Crippen LogP contribution in [0.3, 0.4) is 0 Å². The first kappa shape index (κ1) is 16.7. The molecule has 6 heteroatoms. The van der Waals surface area contributed by atoms with Crippen molar-refractivity contribution in [2.75, 3.05) is 13.1 Å². The second kappa shape index (κ2) is 7.54. The first-order chi connectivity index (χ1) is 10.5. The van der Waals surface area contributed by atoms with Gasteiger partial charge in [-0.3, -0.25) is 9.59 Å². The Morgan fingerprint density at radius 1 is 1.32 bits per heavy atom. The number of aromatic nitrogens is 2. The van der Waals surface area contributed by atoms with Gasteiger partial charge in [0.05, 0.1) is 18.9 Å². The van der Waals surface area contributed by atoms with Gasteiger partial charge in [-0.15, -0.1) is 0 Å². The lowest BCUT2D eigenvalue weighted by atomic mass is 9.82. The SMILES string of the molecule is CC(CC(=O)Cn1ccnc1)C1CCN(C(=O)[C@H](C)N)CC1. The van der Waals surface area contributed by atoms with Crippen LogP contribution in [0.5, 0.6) is 0 Å². The molecule has 0 spiro atoms. The molecule has 1 aliphatic rings. The lowest BCUT2D eigenvalue weighted by molar-refractivity contribution is -0.134. The second-order valence-electron chi connectivity index (χ2n) is 6.41. The first-order valence-electron chi connectivity index (χ1n) is 7.99. The van der Waals surface area contributed by atoms with E-state index in [1.165, 1.54) is 0 Å². The van der Waals surface area contributed by atoms with Crippen LogP contribution in [0.15, 0.2) is 18.7 Å². The van der Waals surface area contributed by atoms with Gasteiger partial charge in [-0.25, -0.2) is 4.98 Å². The van der Waals surface area contributed by atoms with Crippen LogP contribution in [0.25, 0.3) is 0 Å². The zero-order valence-corrected chi connectivity index (χ0v) is 13.4. The van der Waals surface area contributed by atoms with Gasteiger partial charge in [0.2, 0.25) is 5.91 Å². The maximum absolute atomic E-state index is 12.1. The summed E-state index contributed by atoms with van der Waals surface area (Å²) in [5, 5.41) is 0. The highest BCUT2D eigenvalue weighted by molar-refractivity contribution is 5.81. The summed E-state index contributed by atoms with van der Waals surface area (Å²) in [7, 11) is 0. The predicted molar refractivity (Wildman–Crippen MR) is 84.0 cm³/mol. The van der Waals surface area contributed by atoms with Gasteiger partial charge in [0.25, 0.3) is 0 Å². The van der Waals surface area contributed by atoms with Crippen LogP contribution in [0.4, 0.5) is 0 Å². The minimum Gasteiger partial charge on any atom is -0.341 e. The average molecular weight is 306 g/mol. The van der Waals surface area contributed by atoms with Crippen LogP contribution in [0.2, 0.25) is 0 Å². The topological polar surface area (TPSA) is 81.2 Å². The molecule has 1 fully saturated rings. The summed E-state index contributed by atoms with van der Waals surface area (Å²) in [5.74, 6) is 1.12. The maximum Gasteiger partial charge on any atom is 0.239 e. The normalized spacial score (nSPS) is 19.0. The fourth-order valence-corrected chi connectivity index (χ4v) is 3.15. The minimum atomic E-state index is -0.425. The predicted octanol–water partition coefficient (Wildman–Crippen LogP) is 1.06. The van der Waals surface area contributed by atoms with Crippen molar-refractivity contribution in [3.63, 3.8) is 0 Å². The van der Waals surface area contributed by atoms with Gasteiger partial charge in [-0.05, 0) is 31.6 Å². The van der Waals surface area contributed by atoms with Gasteiger partial charge in [0.1, 0.15) is 0 Å². The van der Waals surface area contributed by atoms with Gasteiger partial charge in [0.15, 0.2) is 5.78 Å². The van der Waals surface area contributed by atoms with Gasteiger partial charge < -0.3 is 15.2 Å². The third-order valence-corrected chi connectivity index (χ3v) is 4.51. The number of nitrogens with zero attached hydrogens (tertiary/aromatic N) is 3. The van der Waals surface area contributed by atoms with Crippen molar-refractivity contribution in [1.29, 1.82) is 0 Å². The minimum absolute atomic E-state index is 0.0299. The number of rotatable bonds is 6. The molecule has 2 N–H and O–H groups in total. The molecule has 2 atom stereocenters. The third-order valence-electron chi connectivity index (χ3n) is 4.51. The Bertz CT molecular complexity index is 490. The van der Waals surface area contributed by atoms with Crippen molar-refractivity contribution in [2.24, 2.45) is 17.6 Å². The summed E-state index contributed by atoms with van der Waals surface area (Å²) < 4.78 is 1.80. The Morgan fingerprint density at radius 2 is 2.00 bits per heavy atom. The van der Waals surface area contributed by atoms with Gasteiger partial charge in [-0.2, -0.15) is 0 Å². The number of hydrogen-bond acceptors (Lipinski definition) is 4. The van der Waals surface area contributed by atoms with Crippen molar-refractivity contribution in [3.05, 3.63) is 18.7 Å². The molecule has 0 aliphatic carbocycles. The standard InChI is InChI=1S/C16H26N4O2/c1-12(9-15(21)10-19-8-5-18-11-19)14-3-6-20(7-4-14)16(22)13(2)17/h5,8,11-14H,3-4,6-7,9-10,17H2,1-2H3/t12?,13-/m0/s1. The molecule has 1 amide bonds. The van der Waals surface area contributed by atoms with Gasteiger partial charge in [0, 0.05) is 31.9 Å². The molecule has 1 aromatic rings. The van der Waals surface area contributed by atoms with Crippen LogP contribution >= 0.6 is 0 Å². The van der Waals surface area contributed by atoms with E-state index < -0.39 is 6.04 Å². The first-order valence-corrected chi connectivity index (χ1v) is 7.99. The number of Topliss-reactive ketones (excluding diaryl/α,β-unsaturated/α-hetero) is 1. The zero-order valence-electron chi connectivity index (χ0n) is 13.4. The monoisotopic (exact) mass is 306 g/mol. The van der Waals surface area contributed by atoms with E-state index in [0.29, 0.717) is 24.8 Å². The quantitative estimate of drug-likeness (QED) is 0.852. The van der Waals surface area contributed by atoms with E-state index in [2.05, 4.69) is 11.9 Å². The molecule has 122 valence electrons. The smallest absolute Gasteiger partial charge is 0.239 e. The Balaban J connectivity index is 1.76. The Morgan fingerprint density at radius 3 is 2.55 bits per heavy atom. The molecule has 1 aromatic heterocycles. The number of ketones is 1. The fourth-order valence-electron chi connectivity index (χ4n) is 3.15. The van der Waals surface area contributed by atoms with Crippen molar-refractivity contribution in [1.82, 2.24) is 14.5 Å². The molecule has 0 bridgehead atoms. The summed E-state index contributed by atoms with van der Waals surface area (Å²) in [6.45, 7) is 5.77. The molecule has 1 saturated heterocycles. The van der Waals surface area contributed by atoms with Crippen LogP contribution in [0.1, 0.15) is 33.1 Å². The molecule has 0 saturated carbocycles. The number of carbonyl (C=O) groups is 2. The Labute approximate surface area is 131 Å². The summed E-state index contributed by atoms with van der Waals surface area (Å²) in [6.07, 6.45) is 7.66. The number of amides is 1. The van der Waals surface area contributed by atoms with Crippen molar-refractivity contribution < 1.29 is 9.59 Å². The highest BCUT2D eigenvalue weighted by Gasteiger charge is 2.28. The van der Waals surface area contributed by atoms with Crippen LogP contribution in [0, 0.1) is 11.8 Å². The van der Waals surface area contributed by atoms with E-state index in [1.807, 2.05) is 4.90 Å².